The summed E-state index contributed by atoms with van der Waals surface area (Å²) in [5, 5.41) is 6.46. The standard InChI is InChI=1S/C27H35N3O3/c31-25-8-7-24(26(32)29-25)30-15-20-12-16(5-6-22(20)27(30)33)11-19-3-1-2-4-23(19)28-21-13-17-9-18(10-17)14-21/h5-6,12,17-19,21,23-24,28H,1-4,7-11,13-15H2,(H,29,31,32)/t17?,18?,19-,21?,23+,24?/m1/s1. The Hall–Kier alpha value is -2.21. The van der Waals surface area contributed by atoms with E-state index in [1.54, 1.807) is 4.90 Å². The second-order valence-corrected chi connectivity index (χ2v) is 11.3. The summed E-state index contributed by atoms with van der Waals surface area (Å²) in [5.41, 5.74) is 3.04. The molecule has 1 saturated heterocycles. The lowest BCUT2D eigenvalue weighted by molar-refractivity contribution is -0.136. The number of hydrogen-bond acceptors (Lipinski definition) is 4. The van der Waals surface area contributed by atoms with E-state index in [-0.39, 0.29) is 17.7 Å². The fraction of sp³-hybridized carbons (Fsp3) is 0.667. The fourth-order valence-electron chi connectivity index (χ4n) is 7.33. The molecule has 0 radical (unpaired) electrons. The van der Waals surface area contributed by atoms with Gasteiger partial charge in [-0.1, -0.05) is 25.0 Å². The molecule has 0 spiro atoms. The van der Waals surface area contributed by atoms with E-state index < -0.39 is 6.04 Å². The second kappa shape index (κ2) is 8.53. The van der Waals surface area contributed by atoms with E-state index >= 15 is 0 Å². The van der Waals surface area contributed by atoms with E-state index in [9.17, 15) is 14.4 Å². The summed E-state index contributed by atoms with van der Waals surface area (Å²) in [7, 11) is 0. The predicted molar refractivity (Wildman–Crippen MR) is 124 cm³/mol. The molecular formula is C27H35N3O3. The van der Waals surface area contributed by atoms with Gasteiger partial charge in [0.05, 0.1) is 0 Å². The van der Waals surface area contributed by atoms with Gasteiger partial charge in [0.25, 0.3) is 5.91 Å². The van der Waals surface area contributed by atoms with Crippen LogP contribution in [0.4, 0.5) is 0 Å². The van der Waals surface area contributed by atoms with Crippen LogP contribution in [-0.2, 0) is 22.6 Å². The molecule has 3 atom stereocenters. The van der Waals surface area contributed by atoms with E-state index in [0.717, 1.165) is 23.8 Å². The number of imide groups is 1. The zero-order valence-electron chi connectivity index (χ0n) is 19.4. The molecule has 1 aromatic rings. The van der Waals surface area contributed by atoms with E-state index in [0.29, 0.717) is 43.0 Å². The van der Waals surface area contributed by atoms with Crippen LogP contribution in [-0.4, -0.2) is 40.7 Å². The Kier molecular flexibility index (Phi) is 5.52. The third-order valence-electron chi connectivity index (χ3n) is 9.01. The van der Waals surface area contributed by atoms with Crippen LogP contribution in [0.25, 0.3) is 0 Å². The monoisotopic (exact) mass is 449 g/mol. The van der Waals surface area contributed by atoms with Crippen LogP contribution >= 0.6 is 0 Å². The first-order chi connectivity index (χ1) is 16.0. The van der Waals surface area contributed by atoms with Crippen LogP contribution in [0.1, 0.15) is 85.7 Å². The Labute approximate surface area is 195 Å². The van der Waals surface area contributed by atoms with Crippen LogP contribution in [0, 0.1) is 17.8 Å². The first kappa shape index (κ1) is 21.3. The highest BCUT2D eigenvalue weighted by Gasteiger charge is 2.41. The molecule has 1 unspecified atom stereocenters. The minimum atomic E-state index is -0.542. The predicted octanol–water partition coefficient (Wildman–Crippen LogP) is 3.33. The molecule has 6 aliphatic rings. The van der Waals surface area contributed by atoms with Crippen LogP contribution in [0.3, 0.4) is 0 Å². The smallest absolute Gasteiger partial charge is 0.255 e. The first-order valence-electron chi connectivity index (χ1n) is 13.1. The van der Waals surface area contributed by atoms with Crippen LogP contribution in [0.15, 0.2) is 18.2 Å². The molecule has 0 aromatic heterocycles. The van der Waals surface area contributed by atoms with Gasteiger partial charge in [0, 0.05) is 30.6 Å². The van der Waals surface area contributed by atoms with Gasteiger partial charge in [-0.05, 0) is 86.3 Å². The number of benzene rings is 1. The van der Waals surface area contributed by atoms with Crippen molar-refractivity contribution >= 4 is 17.7 Å². The summed E-state index contributed by atoms with van der Waals surface area (Å²) in [6.07, 6.45) is 12.6. The van der Waals surface area contributed by atoms with Crippen molar-refractivity contribution in [3.8, 4) is 0 Å². The van der Waals surface area contributed by atoms with Gasteiger partial charge in [0.2, 0.25) is 11.8 Å². The summed E-state index contributed by atoms with van der Waals surface area (Å²) < 4.78 is 0. The number of nitrogens with zero attached hydrogens (tertiary/aromatic N) is 1. The van der Waals surface area contributed by atoms with Gasteiger partial charge in [-0.15, -0.1) is 0 Å². The SMILES string of the molecule is O=C1CCC(N2Cc3cc(C[C@H]4CCCC[C@@H]4NC4CC5CC(C5)C4)ccc3C2=O)C(=O)N1. The summed E-state index contributed by atoms with van der Waals surface area (Å²) >= 11 is 0. The molecule has 4 aliphatic carbocycles. The lowest BCUT2D eigenvalue weighted by Crippen LogP contribution is -2.52. The Bertz CT molecular complexity index is 959. The van der Waals surface area contributed by atoms with Crippen molar-refractivity contribution in [2.45, 2.75) is 95.3 Å². The van der Waals surface area contributed by atoms with Crippen molar-refractivity contribution < 1.29 is 14.4 Å². The van der Waals surface area contributed by atoms with Gasteiger partial charge in [-0.3, -0.25) is 19.7 Å². The van der Waals surface area contributed by atoms with Crippen molar-refractivity contribution in [3.63, 3.8) is 0 Å². The van der Waals surface area contributed by atoms with Gasteiger partial charge in [0.1, 0.15) is 6.04 Å². The van der Waals surface area contributed by atoms with Crippen LogP contribution < -0.4 is 10.6 Å². The van der Waals surface area contributed by atoms with Gasteiger partial charge in [-0.2, -0.15) is 0 Å². The molecule has 2 heterocycles. The molecule has 3 amide bonds. The van der Waals surface area contributed by atoms with Gasteiger partial charge in [0.15, 0.2) is 0 Å². The molecule has 2 bridgehead atoms. The minimum absolute atomic E-state index is 0.0841. The summed E-state index contributed by atoms with van der Waals surface area (Å²) in [4.78, 5) is 38.4. The highest BCUT2D eigenvalue weighted by atomic mass is 16.2. The lowest BCUT2D eigenvalue weighted by atomic mass is 9.63. The number of nitrogens with one attached hydrogen (secondary N) is 2. The second-order valence-electron chi connectivity index (χ2n) is 11.3. The number of carbonyl (C=O) groups is 3. The van der Waals surface area contributed by atoms with E-state index in [4.69, 9.17) is 0 Å². The zero-order valence-corrected chi connectivity index (χ0v) is 19.4. The van der Waals surface area contributed by atoms with Gasteiger partial charge >= 0.3 is 0 Å². The lowest BCUT2D eigenvalue weighted by Gasteiger charge is -2.47. The van der Waals surface area contributed by atoms with Crippen molar-refractivity contribution in [3.05, 3.63) is 34.9 Å². The number of rotatable bonds is 5. The highest BCUT2D eigenvalue weighted by molar-refractivity contribution is 6.05. The van der Waals surface area contributed by atoms with Gasteiger partial charge < -0.3 is 10.2 Å². The van der Waals surface area contributed by atoms with Gasteiger partial charge in [-0.25, -0.2) is 0 Å². The Morgan fingerprint density at radius 1 is 0.970 bits per heavy atom. The van der Waals surface area contributed by atoms with Crippen molar-refractivity contribution in [1.29, 1.82) is 0 Å². The van der Waals surface area contributed by atoms with Crippen molar-refractivity contribution in [2.75, 3.05) is 0 Å². The number of fused-ring (bicyclic) bond motifs is 3. The number of piperidine rings is 1. The zero-order chi connectivity index (χ0) is 22.5. The molecule has 6 nitrogen and oxygen atoms in total. The Morgan fingerprint density at radius 3 is 2.55 bits per heavy atom. The topological polar surface area (TPSA) is 78.5 Å². The maximum atomic E-state index is 13.0. The molecule has 33 heavy (non-hydrogen) atoms. The first-order valence-corrected chi connectivity index (χ1v) is 13.1. The summed E-state index contributed by atoms with van der Waals surface area (Å²) in [5.74, 6) is 1.93. The molecule has 4 saturated carbocycles. The van der Waals surface area contributed by atoms with Crippen molar-refractivity contribution in [1.82, 2.24) is 15.5 Å². The summed E-state index contributed by atoms with van der Waals surface area (Å²) in [6.45, 7) is 0.464. The Morgan fingerprint density at radius 2 is 1.76 bits per heavy atom. The molecule has 2 aliphatic heterocycles. The minimum Gasteiger partial charge on any atom is -0.322 e. The molecule has 6 heteroatoms. The maximum Gasteiger partial charge on any atom is 0.255 e. The van der Waals surface area contributed by atoms with Crippen LogP contribution in [0.5, 0.6) is 0 Å². The number of hydrogen-bond donors (Lipinski definition) is 2. The molecular weight excluding hydrogens is 414 g/mol. The molecule has 2 N–H and O–H groups in total. The maximum absolute atomic E-state index is 13.0. The van der Waals surface area contributed by atoms with E-state index in [1.165, 1.54) is 56.9 Å². The highest BCUT2D eigenvalue weighted by Crippen LogP contribution is 2.46. The fourth-order valence-corrected chi connectivity index (χ4v) is 7.33. The quantitative estimate of drug-likeness (QED) is 0.676. The third-order valence-corrected chi connectivity index (χ3v) is 9.01. The summed E-state index contributed by atoms with van der Waals surface area (Å²) in [6, 6.07) is 7.05. The number of carbonyl (C=O) groups excluding carboxylic acids is 3. The Balaban J connectivity index is 1.12. The normalized spacial score (nSPS) is 35.8. The molecule has 176 valence electrons. The largest absolute Gasteiger partial charge is 0.322 e. The van der Waals surface area contributed by atoms with Crippen LogP contribution in [0.2, 0.25) is 0 Å². The third kappa shape index (κ3) is 4.11. The average molecular weight is 450 g/mol. The molecule has 7 rings (SSSR count). The molecule has 1 aromatic carbocycles. The van der Waals surface area contributed by atoms with E-state index in [2.05, 4.69) is 22.8 Å². The average Bonchev–Trinajstić information content (AvgIpc) is 3.10. The number of amides is 3. The van der Waals surface area contributed by atoms with Crippen molar-refractivity contribution in [2.24, 2.45) is 17.8 Å². The molecule has 5 fully saturated rings. The van der Waals surface area contributed by atoms with E-state index in [1.807, 2.05) is 6.07 Å².